The Balaban J connectivity index is 2.07. The Morgan fingerprint density at radius 3 is 2.14 bits per heavy atom. The van der Waals surface area contributed by atoms with Crippen molar-refractivity contribution in [1.29, 1.82) is 0 Å². The van der Waals surface area contributed by atoms with Gasteiger partial charge in [0.15, 0.2) is 0 Å². The Kier molecular flexibility index (Phi) is 10.8. The average Bonchev–Trinajstić information content (AvgIpc) is 2.93. The van der Waals surface area contributed by atoms with Crippen molar-refractivity contribution in [2.75, 3.05) is 17.4 Å². The van der Waals surface area contributed by atoms with Gasteiger partial charge in [-0.05, 0) is 69.5 Å². The smallest absolute Gasteiger partial charge is 0.352 e. The van der Waals surface area contributed by atoms with E-state index in [9.17, 15) is 31.2 Å². The molecule has 0 heterocycles. The molecule has 0 fully saturated rings. The molecule has 0 aliphatic carbocycles. The monoisotopic (exact) mass is 603 g/mol. The molecular weight excluding hydrogens is 567 g/mol. The van der Waals surface area contributed by atoms with Crippen LogP contribution >= 0.6 is 0 Å². The molecule has 0 aromatic heterocycles. The molecule has 42 heavy (non-hydrogen) atoms. The summed E-state index contributed by atoms with van der Waals surface area (Å²) in [5.74, 6) is -1.12. The molecule has 226 valence electrons. The number of benzene rings is 3. The molecule has 2 amide bonds. The van der Waals surface area contributed by atoms with Gasteiger partial charge in [0.25, 0.3) is 10.0 Å². The summed E-state index contributed by atoms with van der Waals surface area (Å²) in [5, 5.41) is 2.81. The number of carbonyl (C=O) groups excluding carboxylic acids is 2. The minimum absolute atomic E-state index is 0.0911. The first-order chi connectivity index (χ1) is 19.7. The summed E-state index contributed by atoms with van der Waals surface area (Å²) in [6, 6.07) is 17.8. The fourth-order valence-electron chi connectivity index (χ4n) is 4.48. The first-order valence-electron chi connectivity index (χ1n) is 13.6. The van der Waals surface area contributed by atoms with Gasteiger partial charge in [0.2, 0.25) is 11.8 Å². The molecule has 0 bridgehead atoms. The fraction of sp³-hybridized carbons (Fsp3) is 0.355. The number of nitrogens with one attached hydrogen (secondary N) is 1. The topological polar surface area (TPSA) is 86.8 Å². The number of hydrogen-bond donors (Lipinski definition) is 1. The summed E-state index contributed by atoms with van der Waals surface area (Å²) >= 11 is 0. The number of nitrogens with zero attached hydrogens (tertiary/aromatic N) is 2. The number of sulfonamides is 1. The summed E-state index contributed by atoms with van der Waals surface area (Å²) in [7, 11) is -4.48. The third-order valence-electron chi connectivity index (χ3n) is 6.65. The summed E-state index contributed by atoms with van der Waals surface area (Å²) in [4.78, 5) is 28.2. The van der Waals surface area contributed by atoms with Crippen LogP contribution in [-0.4, -0.2) is 50.3 Å². The lowest BCUT2D eigenvalue weighted by molar-refractivity contribution is -0.139. The van der Waals surface area contributed by atoms with Crippen molar-refractivity contribution in [3.05, 3.63) is 95.6 Å². The number of aryl methyl sites for hydroxylation is 1. The van der Waals surface area contributed by atoms with Crippen molar-refractivity contribution >= 4 is 27.5 Å². The molecule has 0 unspecified atom stereocenters. The van der Waals surface area contributed by atoms with E-state index in [1.165, 1.54) is 23.1 Å². The SMILES string of the molecule is CC[C@@H](C(=O)NC(C)C)N(CCc1ccccc1)C(=O)CN(c1cccc(C(F)(F)F)c1)S(=O)(=O)c1ccc(C)cc1. The molecule has 0 radical (unpaired) electrons. The van der Waals surface area contributed by atoms with E-state index in [1.54, 1.807) is 39.8 Å². The molecule has 0 spiro atoms. The second-order valence-electron chi connectivity index (χ2n) is 10.3. The number of carbonyl (C=O) groups is 2. The van der Waals surface area contributed by atoms with Gasteiger partial charge >= 0.3 is 6.18 Å². The summed E-state index contributed by atoms with van der Waals surface area (Å²) in [6.45, 7) is 6.35. The zero-order valence-electron chi connectivity index (χ0n) is 24.1. The predicted molar refractivity (Wildman–Crippen MR) is 156 cm³/mol. The van der Waals surface area contributed by atoms with Gasteiger partial charge in [-0.1, -0.05) is 61.0 Å². The number of anilines is 1. The van der Waals surface area contributed by atoms with Crippen molar-refractivity contribution in [3.63, 3.8) is 0 Å². The summed E-state index contributed by atoms with van der Waals surface area (Å²) in [6.07, 6.45) is -4.11. The van der Waals surface area contributed by atoms with Gasteiger partial charge < -0.3 is 10.2 Å². The van der Waals surface area contributed by atoms with Crippen molar-refractivity contribution in [2.24, 2.45) is 0 Å². The van der Waals surface area contributed by atoms with Crippen LogP contribution in [0.3, 0.4) is 0 Å². The van der Waals surface area contributed by atoms with E-state index >= 15 is 0 Å². The number of hydrogen-bond acceptors (Lipinski definition) is 4. The second-order valence-corrected chi connectivity index (χ2v) is 12.1. The standard InChI is InChI=1S/C31H36F3N3O4S/c1-5-28(30(39)35-22(2)3)36(19-18-24-10-7-6-8-11-24)29(38)21-37(26-13-9-12-25(20-26)31(32,33)34)42(40,41)27-16-14-23(4)15-17-27/h6-17,20,22,28H,5,18-19,21H2,1-4H3,(H,35,39)/t28-/m0/s1. The molecular formula is C31H36F3N3O4S. The van der Waals surface area contributed by atoms with Crippen LogP contribution in [0.15, 0.2) is 83.8 Å². The molecule has 0 saturated heterocycles. The lowest BCUT2D eigenvalue weighted by Crippen LogP contribution is -2.54. The molecule has 0 aliphatic rings. The van der Waals surface area contributed by atoms with E-state index < -0.39 is 46.2 Å². The normalized spacial score (nSPS) is 12.6. The van der Waals surface area contributed by atoms with Crippen LogP contribution in [0, 0.1) is 6.92 Å². The molecule has 3 aromatic rings. The quantitative estimate of drug-likeness (QED) is 0.293. The Morgan fingerprint density at radius 1 is 0.929 bits per heavy atom. The summed E-state index contributed by atoms with van der Waals surface area (Å²) < 4.78 is 69.2. The van der Waals surface area contributed by atoms with Crippen LogP contribution in [0.25, 0.3) is 0 Å². The maximum atomic E-state index is 14.0. The maximum absolute atomic E-state index is 14.0. The van der Waals surface area contributed by atoms with Gasteiger partial charge in [-0.2, -0.15) is 13.2 Å². The van der Waals surface area contributed by atoms with E-state index in [0.29, 0.717) is 16.8 Å². The molecule has 1 N–H and O–H groups in total. The Labute approximate surface area is 245 Å². The fourth-order valence-corrected chi connectivity index (χ4v) is 5.89. The van der Waals surface area contributed by atoms with Crippen LogP contribution in [0.2, 0.25) is 0 Å². The van der Waals surface area contributed by atoms with E-state index in [4.69, 9.17) is 0 Å². The van der Waals surface area contributed by atoms with E-state index in [-0.39, 0.29) is 29.6 Å². The molecule has 3 aromatic carbocycles. The number of rotatable bonds is 12. The molecule has 7 nitrogen and oxygen atoms in total. The van der Waals surface area contributed by atoms with Crippen LogP contribution in [-0.2, 0) is 32.2 Å². The minimum atomic E-state index is -4.73. The third kappa shape index (κ3) is 8.34. The van der Waals surface area contributed by atoms with E-state index in [2.05, 4.69) is 5.32 Å². The first kappa shape index (κ1) is 32.7. The molecule has 0 saturated carbocycles. The number of amides is 2. The van der Waals surface area contributed by atoms with E-state index in [0.717, 1.165) is 23.3 Å². The van der Waals surface area contributed by atoms with Crippen LogP contribution in [0.1, 0.15) is 43.9 Å². The highest BCUT2D eigenvalue weighted by molar-refractivity contribution is 7.92. The largest absolute Gasteiger partial charge is 0.416 e. The Bertz CT molecular complexity index is 1460. The highest BCUT2D eigenvalue weighted by atomic mass is 32.2. The highest BCUT2D eigenvalue weighted by Crippen LogP contribution is 2.33. The second kappa shape index (κ2) is 13.9. The summed E-state index contributed by atoms with van der Waals surface area (Å²) in [5.41, 5.74) is 0.308. The van der Waals surface area contributed by atoms with Gasteiger partial charge in [-0.3, -0.25) is 13.9 Å². The van der Waals surface area contributed by atoms with Gasteiger partial charge in [-0.15, -0.1) is 0 Å². The van der Waals surface area contributed by atoms with Crippen LogP contribution < -0.4 is 9.62 Å². The van der Waals surface area contributed by atoms with Gasteiger partial charge in [-0.25, -0.2) is 8.42 Å². The molecule has 0 aliphatic heterocycles. The van der Waals surface area contributed by atoms with Crippen molar-refractivity contribution < 1.29 is 31.2 Å². The number of alkyl halides is 3. The Hall–Kier alpha value is -3.86. The lowest BCUT2D eigenvalue weighted by Gasteiger charge is -2.33. The third-order valence-corrected chi connectivity index (χ3v) is 8.44. The number of halogens is 3. The van der Waals surface area contributed by atoms with Gasteiger partial charge in [0.1, 0.15) is 12.6 Å². The van der Waals surface area contributed by atoms with E-state index in [1.807, 2.05) is 30.3 Å². The molecule has 1 atom stereocenters. The first-order valence-corrected chi connectivity index (χ1v) is 15.1. The highest BCUT2D eigenvalue weighted by Gasteiger charge is 2.35. The van der Waals surface area contributed by atoms with Gasteiger partial charge in [0, 0.05) is 12.6 Å². The zero-order valence-corrected chi connectivity index (χ0v) is 24.9. The zero-order chi connectivity index (χ0) is 31.1. The predicted octanol–water partition coefficient (Wildman–Crippen LogP) is 5.58. The lowest BCUT2D eigenvalue weighted by atomic mass is 10.1. The van der Waals surface area contributed by atoms with Crippen molar-refractivity contribution in [2.45, 2.75) is 63.7 Å². The average molecular weight is 604 g/mol. The maximum Gasteiger partial charge on any atom is 0.416 e. The molecule has 11 heteroatoms. The van der Waals surface area contributed by atoms with Crippen LogP contribution in [0.4, 0.5) is 18.9 Å². The van der Waals surface area contributed by atoms with Crippen molar-refractivity contribution in [3.8, 4) is 0 Å². The van der Waals surface area contributed by atoms with Crippen LogP contribution in [0.5, 0.6) is 0 Å². The van der Waals surface area contributed by atoms with Crippen molar-refractivity contribution in [1.82, 2.24) is 10.2 Å². The van der Waals surface area contributed by atoms with Gasteiger partial charge in [0.05, 0.1) is 16.1 Å². The molecule has 3 rings (SSSR count). The minimum Gasteiger partial charge on any atom is -0.352 e. The Morgan fingerprint density at radius 2 is 1.57 bits per heavy atom.